The molecule has 1 saturated heterocycles. The van der Waals surface area contributed by atoms with Crippen LogP contribution in [0.3, 0.4) is 0 Å². The molecule has 2 heterocycles. The van der Waals surface area contributed by atoms with Crippen LogP contribution >= 0.6 is 0 Å². The topological polar surface area (TPSA) is 92.5 Å². The zero-order valence-electron chi connectivity index (χ0n) is 12.5. The second-order valence-electron chi connectivity index (χ2n) is 5.38. The van der Waals surface area contributed by atoms with Gasteiger partial charge in [0.05, 0.1) is 18.9 Å². The Kier molecular flexibility index (Phi) is 5.49. The number of anilines is 1. The molecule has 0 aromatic carbocycles. The second-order valence-corrected chi connectivity index (χ2v) is 5.38. The molecule has 0 saturated carbocycles. The van der Waals surface area contributed by atoms with Gasteiger partial charge in [-0.05, 0) is 26.0 Å². The van der Waals surface area contributed by atoms with Gasteiger partial charge in [0.2, 0.25) is 5.91 Å². The van der Waals surface area contributed by atoms with Gasteiger partial charge in [0.15, 0.2) is 0 Å². The minimum atomic E-state index is -0.280. The van der Waals surface area contributed by atoms with Crippen molar-refractivity contribution in [3.63, 3.8) is 0 Å². The lowest BCUT2D eigenvalue weighted by molar-refractivity contribution is -0.133. The van der Waals surface area contributed by atoms with E-state index >= 15 is 0 Å². The molecular weight excluding hydrogens is 270 g/mol. The maximum absolute atomic E-state index is 12.2. The van der Waals surface area contributed by atoms with E-state index in [1.54, 1.807) is 6.07 Å². The predicted octanol–water partition coefficient (Wildman–Crippen LogP) is 0.0926. The van der Waals surface area contributed by atoms with Gasteiger partial charge in [-0.15, -0.1) is 0 Å². The third kappa shape index (κ3) is 4.38. The Morgan fingerprint density at radius 2 is 2.38 bits per heavy atom. The molecule has 1 atom stereocenters. The van der Waals surface area contributed by atoms with Crippen LogP contribution in [0.1, 0.15) is 19.5 Å². The number of amides is 1. The summed E-state index contributed by atoms with van der Waals surface area (Å²) >= 11 is 0. The summed E-state index contributed by atoms with van der Waals surface area (Å²) in [6.07, 6.45) is 0. The maximum Gasteiger partial charge on any atom is 0.239 e. The smallest absolute Gasteiger partial charge is 0.239 e. The van der Waals surface area contributed by atoms with Crippen LogP contribution in [0, 0.1) is 0 Å². The number of nitrogen functional groups attached to an aromatic ring is 1. The average Bonchev–Trinajstić information content (AvgIpc) is 2.47. The molecule has 1 unspecified atom stereocenters. The number of rotatable bonds is 5. The van der Waals surface area contributed by atoms with Crippen molar-refractivity contribution in [2.75, 3.05) is 25.2 Å². The Bertz CT molecular complexity index is 480. The van der Waals surface area contributed by atoms with Gasteiger partial charge in [0.25, 0.3) is 0 Å². The van der Waals surface area contributed by atoms with Gasteiger partial charge in [-0.3, -0.25) is 9.69 Å². The van der Waals surface area contributed by atoms with Crippen LogP contribution in [0.25, 0.3) is 0 Å². The monoisotopic (exact) mass is 293 g/mol. The number of hydrazine groups is 1. The highest BCUT2D eigenvalue weighted by Crippen LogP contribution is 2.13. The van der Waals surface area contributed by atoms with Gasteiger partial charge in [-0.25, -0.2) is 10.8 Å². The Balaban J connectivity index is 2.06. The zero-order valence-corrected chi connectivity index (χ0v) is 12.5. The van der Waals surface area contributed by atoms with Gasteiger partial charge in [0.1, 0.15) is 11.9 Å². The zero-order chi connectivity index (χ0) is 15.2. The van der Waals surface area contributed by atoms with E-state index in [1.165, 1.54) is 0 Å². The van der Waals surface area contributed by atoms with Crippen molar-refractivity contribution in [2.24, 2.45) is 5.84 Å². The summed E-state index contributed by atoms with van der Waals surface area (Å²) in [6, 6.07) is 5.45. The third-order valence-corrected chi connectivity index (χ3v) is 3.29. The molecule has 0 bridgehead atoms. The van der Waals surface area contributed by atoms with Crippen LogP contribution in [0.5, 0.6) is 0 Å². The van der Waals surface area contributed by atoms with E-state index in [1.807, 2.05) is 26.0 Å². The number of hydrogen-bond acceptors (Lipinski definition) is 6. The first kappa shape index (κ1) is 15.7. The van der Waals surface area contributed by atoms with E-state index in [0.29, 0.717) is 32.1 Å². The number of pyridine rings is 1. The van der Waals surface area contributed by atoms with Crippen LogP contribution in [0.15, 0.2) is 18.2 Å². The number of nitrogens with one attached hydrogen (secondary N) is 2. The summed E-state index contributed by atoms with van der Waals surface area (Å²) in [5.74, 6) is 5.98. The SMILES string of the molecule is CC(C)NC(=O)C1COCCN1Cc1cccc(NN)n1. The van der Waals surface area contributed by atoms with Crippen LogP contribution in [-0.4, -0.2) is 47.6 Å². The molecular formula is C14H23N5O2. The molecule has 1 aromatic heterocycles. The predicted molar refractivity (Wildman–Crippen MR) is 80.3 cm³/mol. The number of nitrogens with zero attached hydrogens (tertiary/aromatic N) is 2. The highest BCUT2D eigenvalue weighted by molar-refractivity contribution is 5.82. The van der Waals surface area contributed by atoms with Gasteiger partial charge in [-0.2, -0.15) is 0 Å². The summed E-state index contributed by atoms with van der Waals surface area (Å²) in [5, 5.41) is 2.94. The molecule has 1 amide bonds. The fourth-order valence-electron chi connectivity index (χ4n) is 2.31. The molecule has 7 heteroatoms. The Morgan fingerprint density at radius 3 is 3.10 bits per heavy atom. The number of morpholine rings is 1. The maximum atomic E-state index is 12.2. The molecule has 1 aliphatic rings. The Morgan fingerprint density at radius 1 is 1.57 bits per heavy atom. The lowest BCUT2D eigenvalue weighted by Gasteiger charge is -2.34. The first-order valence-corrected chi connectivity index (χ1v) is 7.15. The highest BCUT2D eigenvalue weighted by atomic mass is 16.5. The molecule has 0 spiro atoms. The van der Waals surface area contributed by atoms with Crippen LogP contribution in [0.2, 0.25) is 0 Å². The lowest BCUT2D eigenvalue weighted by atomic mass is 10.2. The molecule has 1 aliphatic heterocycles. The van der Waals surface area contributed by atoms with Crippen molar-refractivity contribution in [1.82, 2.24) is 15.2 Å². The largest absolute Gasteiger partial charge is 0.378 e. The van der Waals surface area contributed by atoms with Crippen LogP contribution < -0.4 is 16.6 Å². The number of ether oxygens (including phenoxy) is 1. The molecule has 4 N–H and O–H groups in total. The normalized spacial score (nSPS) is 19.5. The lowest BCUT2D eigenvalue weighted by Crippen LogP contribution is -2.54. The van der Waals surface area contributed by atoms with E-state index < -0.39 is 0 Å². The fourth-order valence-corrected chi connectivity index (χ4v) is 2.31. The molecule has 1 fully saturated rings. The molecule has 21 heavy (non-hydrogen) atoms. The van der Waals surface area contributed by atoms with Gasteiger partial charge in [0, 0.05) is 19.1 Å². The van der Waals surface area contributed by atoms with Crippen LogP contribution in [0.4, 0.5) is 5.82 Å². The minimum absolute atomic E-state index is 0.00203. The summed E-state index contributed by atoms with van der Waals surface area (Å²) < 4.78 is 5.44. The average molecular weight is 293 g/mol. The number of carbonyl (C=O) groups excluding carboxylic acids is 1. The van der Waals surface area contributed by atoms with Gasteiger partial charge in [-0.1, -0.05) is 6.07 Å². The number of carbonyl (C=O) groups is 1. The van der Waals surface area contributed by atoms with Gasteiger partial charge < -0.3 is 15.5 Å². The quantitative estimate of drug-likeness (QED) is 0.526. The fraction of sp³-hybridized carbons (Fsp3) is 0.571. The number of hydrogen-bond donors (Lipinski definition) is 3. The van der Waals surface area contributed by atoms with Crippen molar-refractivity contribution >= 4 is 11.7 Å². The summed E-state index contributed by atoms with van der Waals surface area (Å²) in [5.41, 5.74) is 3.40. The molecule has 116 valence electrons. The van der Waals surface area contributed by atoms with Crippen molar-refractivity contribution in [1.29, 1.82) is 0 Å². The van der Waals surface area contributed by atoms with E-state index in [0.717, 1.165) is 5.69 Å². The third-order valence-electron chi connectivity index (χ3n) is 3.29. The summed E-state index contributed by atoms with van der Waals surface area (Å²) in [6.45, 7) is 6.23. The first-order valence-electron chi connectivity index (χ1n) is 7.15. The van der Waals surface area contributed by atoms with E-state index in [4.69, 9.17) is 10.6 Å². The molecule has 0 radical (unpaired) electrons. The van der Waals surface area contributed by atoms with Crippen molar-refractivity contribution in [3.05, 3.63) is 23.9 Å². The van der Waals surface area contributed by atoms with Crippen LogP contribution in [-0.2, 0) is 16.1 Å². The Labute approximate surface area is 124 Å². The molecule has 7 nitrogen and oxygen atoms in total. The number of aromatic nitrogens is 1. The minimum Gasteiger partial charge on any atom is -0.378 e. The van der Waals surface area contributed by atoms with E-state index in [-0.39, 0.29) is 18.0 Å². The highest BCUT2D eigenvalue weighted by Gasteiger charge is 2.29. The summed E-state index contributed by atoms with van der Waals surface area (Å²) in [4.78, 5) is 18.7. The standard InChI is InChI=1S/C14H23N5O2/c1-10(2)16-14(20)12-9-21-7-6-19(12)8-11-4-3-5-13(17-11)18-15/h3-5,10,12H,6-9,15H2,1-2H3,(H,16,20)(H,17,18). The first-order chi connectivity index (χ1) is 10.1. The van der Waals surface area contributed by atoms with Crippen molar-refractivity contribution in [3.8, 4) is 0 Å². The van der Waals surface area contributed by atoms with E-state index in [9.17, 15) is 4.79 Å². The van der Waals surface area contributed by atoms with Crippen molar-refractivity contribution in [2.45, 2.75) is 32.5 Å². The van der Waals surface area contributed by atoms with Crippen molar-refractivity contribution < 1.29 is 9.53 Å². The Hall–Kier alpha value is -1.70. The van der Waals surface area contributed by atoms with Gasteiger partial charge >= 0.3 is 0 Å². The van der Waals surface area contributed by atoms with E-state index in [2.05, 4.69) is 20.6 Å². The molecule has 2 rings (SSSR count). The number of nitrogens with two attached hydrogens (primary N) is 1. The molecule has 0 aliphatic carbocycles. The summed E-state index contributed by atoms with van der Waals surface area (Å²) in [7, 11) is 0. The second kappa shape index (κ2) is 7.35. The molecule has 1 aromatic rings.